The van der Waals surface area contributed by atoms with Crippen molar-refractivity contribution in [3.8, 4) is 0 Å². The van der Waals surface area contributed by atoms with E-state index in [0.29, 0.717) is 19.4 Å². The molecule has 2 rings (SSSR count). The van der Waals surface area contributed by atoms with Crippen LogP contribution in [-0.4, -0.2) is 32.1 Å². The third-order valence-electron chi connectivity index (χ3n) is 3.63. The monoisotopic (exact) mass is 202 g/mol. The first-order valence-electron chi connectivity index (χ1n) is 5.54. The molecule has 0 aromatic rings. The van der Waals surface area contributed by atoms with Crippen LogP contribution in [0.4, 0.5) is 4.39 Å². The molecule has 0 radical (unpaired) electrons. The second-order valence-electron chi connectivity index (χ2n) is 4.75. The molecule has 2 saturated heterocycles. The van der Waals surface area contributed by atoms with Crippen LogP contribution in [0, 0.1) is 5.41 Å². The lowest BCUT2D eigenvalue weighted by molar-refractivity contribution is -0.118. The highest BCUT2D eigenvalue weighted by molar-refractivity contribution is 4.88. The summed E-state index contributed by atoms with van der Waals surface area (Å²) in [4.78, 5) is 0. The molecule has 2 aliphatic rings. The van der Waals surface area contributed by atoms with Crippen LogP contribution in [0.25, 0.3) is 0 Å². The Morgan fingerprint density at radius 1 is 1.21 bits per heavy atom. The first kappa shape index (κ1) is 10.4. The van der Waals surface area contributed by atoms with Gasteiger partial charge in [0.15, 0.2) is 0 Å². The number of halogens is 1. The van der Waals surface area contributed by atoms with E-state index in [9.17, 15) is 4.39 Å². The van der Waals surface area contributed by atoms with Gasteiger partial charge < -0.3 is 9.47 Å². The number of alkyl halides is 1. The molecule has 0 aliphatic carbocycles. The molecule has 2 unspecified atom stereocenters. The molecular weight excluding hydrogens is 183 g/mol. The van der Waals surface area contributed by atoms with Crippen LogP contribution in [-0.2, 0) is 9.47 Å². The van der Waals surface area contributed by atoms with Crippen molar-refractivity contribution < 1.29 is 13.9 Å². The van der Waals surface area contributed by atoms with E-state index < -0.39 is 6.17 Å². The highest BCUT2D eigenvalue weighted by Crippen LogP contribution is 2.39. The minimum atomic E-state index is -0.659. The number of rotatable bonds is 1. The van der Waals surface area contributed by atoms with Gasteiger partial charge in [0.2, 0.25) is 0 Å². The number of hydrogen-bond acceptors (Lipinski definition) is 2. The Morgan fingerprint density at radius 3 is 2.57 bits per heavy atom. The normalized spacial score (nSPS) is 38.1. The average molecular weight is 202 g/mol. The molecule has 0 amide bonds. The van der Waals surface area contributed by atoms with Gasteiger partial charge in [-0.1, -0.05) is 6.92 Å². The Morgan fingerprint density at radius 2 is 1.93 bits per heavy atom. The van der Waals surface area contributed by atoms with Gasteiger partial charge in [0.1, 0.15) is 6.17 Å². The van der Waals surface area contributed by atoms with E-state index in [4.69, 9.17) is 9.47 Å². The molecule has 0 saturated carbocycles. The highest BCUT2D eigenvalue weighted by atomic mass is 19.1. The van der Waals surface area contributed by atoms with Gasteiger partial charge in [0.05, 0.1) is 6.10 Å². The van der Waals surface area contributed by atoms with Crippen molar-refractivity contribution in [2.24, 2.45) is 5.41 Å². The summed E-state index contributed by atoms with van der Waals surface area (Å²) in [6, 6.07) is 0. The predicted molar refractivity (Wildman–Crippen MR) is 52.0 cm³/mol. The fourth-order valence-electron chi connectivity index (χ4n) is 2.40. The Kier molecular flexibility index (Phi) is 3.07. The van der Waals surface area contributed by atoms with E-state index in [0.717, 1.165) is 26.1 Å². The highest BCUT2D eigenvalue weighted by Gasteiger charge is 2.39. The molecule has 14 heavy (non-hydrogen) atoms. The predicted octanol–water partition coefficient (Wildman–Crippen LogP) is 2.32. The van der Waals surface area contributed by atoms with Gasteiger partial charge in [-0.05, 0) is 18.3 Å². The summed E-state index contributed by atoms with van der Waals surface area (Å²) in [6.45, 7) is 4.39. The fourth-order valence-corrected chi connectivity index (χ4v) is 2.40. The SMILES string of the molecule is CC1(C2CC(F)CCO2)CCOCC1. The van der Waals surface area contributed by atoms with E-state index in [2.05, 4.69) is 6.92 Å². The zero-order valence-corrected chi connectivity index (χ0v) is 8.80. The van der Waals surface area contributed by atoms with Gasteiger partial charge in [-0.25, -0.2) is 4.39 Å². The molecule has 0 N–H and O–H groups in total. The summed E-state index contributed by atoms with van der Waals surface area (Å²) in [7, 11) is 0. The second-order valence-corrected chi connectivity index (χ2v) is 4.75. The van der Waals surface area contributed by atoms with Crippen LogP contribution in [0.5, 0.6) is 0 Å². The van der Waals surface area contributed by atoms with Crippen LogP contribution in [0.1, 0.15) is 32.6 Å². The Labute approximate surface area is 84.8 Å². The minimum absolute atomic E-state index is 0.107. The summed E-state index contributed by atoms with van der Waals surface area (Å²) in [5.41, 5.74) is 0.142. The van der Waals surface area contributed by atoms with Crippen LogP contribution in [0.2, 0.25) is 0 Å². The quantitative estimate of drug-likeness (QED) is 0.649. The molecule has 0 aromatic heterocycles. The van der Waals surface area contributed by atoms with E-state index in [-0.39, 0.29) is 11.5 Å². The maximum Gasteiger partial charge on any atom is 0.105 e. The van der Waals surface area contributed by atoms with Crippen LogP contribution in [0.3, 0.4) is 0 Å². The topological polar surface area (TPSA) is 18.5 Å². The molecule has 3 heteroatoms. The smallest absolute Gasteiger partial charge is 0.105 e. The third kappa shape index (κ3) is 2.09. The third-order valence-corrected chi connectivity index (χ3v) is 3.63. The molecule has 2 aliphatic heterocycles. The van der Waals surface area contributed by atoms with Crippen molar-refractivity contribution in [1.29, 1.82) is 0 Å². The number of hydrogen-bond donors (Lipinski definition) is 0. The first-order chi connectivity index (χ1) is 6.71. The van der Waals surface area contributed by atoms with E-state index in [1.165, 1.54) is 0 Å². The molecule has 0 bridgehead atoms. The van der Waals surface area contributed by atoms with Gasteiger partial charge in [-0.3, -0.25) is 0 Å². The molecular formula is C11H19FO2. The van der Waals surface area contributed by atoms with Gasteiger partial charge in [-0.15, -0.1) is 0 Å². The second kappa shape index (κ2) is 4.15. The average Bonchev–Trinajstić information content (AvgIpc) is 2.19. The van der Waals surface area contributed by atoms with Crippen LogP contribution in [0.15, 0.2) is 0 Å². The maximum atomic E-state index is 13.2. The van der Waals surface area contributed by atoms with E-state index in [1.807, 2.05) is 0 Å². The molecule has 2 atom stereocenters. The summed E-state index contributed by atoms with van der Waals surface area (Å²) >= 11 is 0. The van der Waals surface area contributed by atoms with Crippen LogP contribution < -0.4 is 0 Å². The van der Waals surface area contributed by atoms with Crippen molar-refractivity contribution in [3.63, 3.8) is 0 Å². The zero-order chi connectivity index (χ0) is 10.0. The Hall–Kier alpha value is -0.150. The lowest BCUT2D eigenvalue weighted by atomic mass is 9.74. The summed E-state index contributed by atoms with van der Waals surface area (Å²) < 4.78 is 24.3. The van der Waals surface area contributed by atoms with Gasteiger partial charge in [0, 0.05) is 32.7 Å². The van der Waals surface area contributed by atoms with E-state index >= 15 is 0 Å². The lowest BCUT2D eigenvalue weighted by Crippen LogP contribution is -2.43. The maximum absolute atomic E-state index is 13.2. The van der Waals surface area contributed by atoms with Gasteiger partial charge >= 0.3 is 0 Å². The van der Waals surface area contributed by atoms with Gasteiger partial charge in [0.25, 0.3) is 0 Å². The van der Waals surface area contributed by atoms with Crippen molar-refractivity contribution in [2.75, 3.05) is 19.8 Å². The summed E-state index contributed by atoms with van der Waals surface area (Å²) in [5.74, 6) is 0. The lowest BCUT2D eigenvalue weighted by Gasteiger charge is -2.42. The summed E-state index contributed by atoms with van der Waals surface area (Å²) in [6.07, 6.45) is 2.61. The Bertz CT molecular complexity index is 190. The van der Waals surface area contributed by atoms with Crippen molar-refractivity contribution in [3.05, 3.63) is 0 Å². The fraction of sp³-hybridized carbons (Fsp3) is 1.00. The molecule has 2 nitrogen and oxygen atoms in total. The largest absolute Gasteiger partial charge is 0.381 e. The molecule has 82 valence electrons. The molecule has 0 aromatic carbocycles. The van der Waals surface area contributed by atoms with Crippen LogP contribution >= 0.6 is 0 Å². The first-order valence-corrected chi connectivity index (χ1v) is 5.54. The Balaban J connectivity index is 1.97. The standard InChI is InChI=1S/C11H19FO2/c1-11(3-6-13-7-4-11)10-8-9(12)2-5-14-10/h9-10H,2-8H2,1H3. The number of ether oxygens (including phenoxy) is 2. The van der Waals surface area contributed by atoms with E-state index in [1.54, 1.807) is 0 Å². The zero-order valence-electron chi connectivity index (χ0n) is 8.80. The van der Waals surface area contributed by atoms with Crippen molar-refractivity contribution in [1.82, 2.24) is 0 Å². The van der Waals surface area contributed by atoms with Gasteiger partial charge in [-0.2, -0.15) is 0 Å². The summed E-state index contributed by atoms with van der Waals surface area (Å²) in [5, 5.41) is 0. The molecule has 0 spiro atoms. The minimum Gasteiger partial charge on any atom is -0.381 e. The molecule has 2 heterocycles. The van der Waals surface area contributed by atoms with Crippen molar-refractivity contribution in [2.45, 2.75) is 44.9 Å². The molecule has 2 fully saturated rings. The van der Waals surface area contributed by atoms with Crippen molar-refractivity contribution >= 4 is 0 Å².